The molecule has 1 nitrogen and oxygen atoms in total. The summed E-state index contributed by atoms with van der Waals surface area (Å²) in [5.74, 6) is 0.223. The standard InChI is InChI=1S/C16H12Cl2O/c17-14-5-2-4-12(16(14)18)11-8-7-10-3-1-6-15(19)13(10)9-11/h2,4-5,7-9H,1,3,6H2. The Bertz CT molecular complexity index is 662. The normalized spacial score (nSPS) is 14.3. The maximum absolute atomic E-state index is 12.0. The highest BCUT2D eigenvalue weighted by molar-refractivity contribution is 6.43. The summed E-state index contributed by atoms with van der Waals surface area (Å²) in [5.41, 5.74) is 3.79. The highest BCUT2D eigenvalue weighted by Gasteiger charge is 2.18. The van der Waals surface area contributed by atoms with Crippen molar-refractivity contribution in [3.8, 4) is 11.1 Å². The summed E-state index contributed by atoms with van der Waals surface area (Å²) >= 11 is 12.3. The molecule has 0 radical (unpaired) electrons. The number of carbonyl (C=O) groups excluding carboxylic acids is 1. The largest absolute Gasteiger partial charge is 0.294 e. The zero-order valence-electron chi connectivity index (χ0n) is 10.2. The van der Waals surface area contributed by atoms with Gasteiger partial charge in [-0.25, -0.2) is 0 Å². The molecule has 0 N–H and O–H groups in total. The average molecular weight is 291 g/mol. The van der Waals surface area contributed by atoms with E-state index in [1.165, 1.54) is 0 Å². The third-order valence-corrected chi connectivity index (χ3v) is 4.34. The third-order valence-electron chi connectivity index (χ3n) is 3.52. The van der Waals surface area contributed by atoms with Crippen LogP contribution >= 0.6 is 23.2 Å². The van der Waals surface area contributed by atoms with E-state index in [2.05, 4.69) is 0 Å². The van der Waals surface area contributed by atoms with Gasteiger partial charge in [-0.3, -0.25) is 4.79 Å². The number of fused-ring (bicyclic) bond motifs is 1. The number of aryl methyl sites for hydroxylation is 1. The molecular formula is C16H12Cl2O. The van der Waals surface area contributed by atoms with Crippen molar-refractivity contribution in [2.24, 2.45) is 0 Å². The lowest BCUT2D eigenvalue weighted by Gasteiger charge is -2.16. The number of benzene rings is 2. The molecule has 1 aliphatic carbocycles. The van der Waals surface area contributed by atoms with Gasteiger partial charge in [-0.15, -0.1) is 0 Å². The van der Waals surface area contributed by atoms with Crippen molar-refractivity contribution in [3.05, 3.63) is 57.6 Å². The maximum atomic E-state index is 12.0. The van der Waals surface area contributed by atoms with Gasteiger partial charge in [0.15, 0.2) is 5.78 Å². The molecule has 0 saturated carbocycles. The van der Waals surface area contributed by atoms with Crippen LogP contribution in [0.2, 0.25) is 10.0 Å². The number of carbonyl (C=O) groups is 1. The number of rotatable bonds is 1. The molecule has 0 atom stereocenters. The minimum atomic E-state index is 0.223. The predicted molar refractivity (Wildman–Crippen MR) is 79.2 cm³/mol. The van der Waals surface area contributed by atoms with Crippen LogP contribution in [0.1, 0.15) is 28.8 Å². The number of hydrogen-bond acceptors (Lipinski definition) is 1. The first-order chi connectivity index (χ1) is 9.16. The summed E-state index contributed by atoms with van der Waals surface area (Å²) in [4.78, 5) is 12.0. The molecular weight excluding hydrogens is 279 g/mol. The molecule has 96 valence electrons. The fourth-order valence-corrected chi connectivity index (χ4v) is 2.93. The number of hydrogen-bond donors (Lipinski definition) is 0. The van der Waals surface area contributed by atoms with Gasteiger partial charge in [0, 0.05) is 17.5 Å². The zero-order chi connectivity index (χ0) is 13.4. The molecule has 0 fully saturated rings. The van der Waals surface area contributed by atoms with E-state index in [-0.39, 0.29) is 5.78 Å². The van der Waals surface area contributed by atoms with Crippen LogP contribution in [0, 0.1) is 0 Å². The summed E-state index contributed by atoms with van der Waals surface area (Å²) in [6.07, 6.45) is 2.56. The molecule has 0 aromatic heterocycles. The molecule has 0 aliphatic heterocycles. The third kappa shape index (κ3) is 2.29. The average Bonchev–Trinajstić information content (AvgIpc) is 2.42. The van der Waals surface area contributed by atoms with Gasteiger partial charge in [0.25, 0.3) is 0 Å². The lowest BCUT2D eigenvalue weighted by molar-refractivity contribution is 0.0972. The molecule has 3 rings (SSSR count). The summed E-state index contributed by atoms with van der Waals surface area (Å²) in [6, 6.07) is 11.5. The van der Waals surface area contributed by atoms with Gasteiger partial charge in [-0.05, 0) is 36.1 Å². The van der Waals surface area contributed by atoms with Crippen LogP contribution < -0.4 is 0 Å². The van der Waals surface area contributed by atoms with Gasteiger partial charge in [0.1, 0.15) is 0 Å². The van der Waals surface area contributed by atoms with Gasteiger partial charge in [-0.2, -0.15) is 0 Å². The Kier molecular flexibility index (Phi) is 3.34. The summed E-state index contributed by atoms with van der Waals surface area (Å²) in [6.45, 7) is 0. The first-order valence-electron chi connectivity index (χ1n) is 6.27. The van der Waals surface area contributed by atoms with Gasteiger partial charge >= 0.3 is 0 Å². The van der Waals surface area contributed by atoms with Gasteiger partial charge in [0.05, 0.1) is 10.0 Å². The topological polar surface area (TPSA) is 17.1 Å². The van der Waals surface area contributed by atoms with Crippen LogP contribution in [0.5, 0.6) is 0 Å². The van der Waals surface area contributed by atoms with Crippen molar-refractivity contribution in [1.82, 2.24) is 0 Å². The second-order valence-corrected chi connectivity index (χ2v) is 5.54. The van der Waals surface area contributed by atoms with Gasteiger partial charge in [0.2, 0.25) is 0 Å². The van der Waals surface area contributed by atoms with Crippen molar-refractivity contribution in [1.29, 1.82) is 0 Å². The lowest BCUT2D eigenvalue weighted by atomic mass is 9.88. The smallest absolute Gasteiger partial charge is 0.163 e. The quantitative estimate of drug-likeness (QED) is 0.707. The summed E-state index contributed by atoms with van der Waals surface area (Å²) < 4.78 is 0. The molecule has 1 aliphatic rings. The molecule has 0 bridgehead atoms. The fraction of sp³-hybridized carbons (Fsp3) is 0.188. The van der Waals surface area contributed by atoms with Crippen LogP contribution in [-0.2, 0) is 6.42 Å². The molecule has 19 heavy (non-hydrogen) atoms. The Balaban J connectivity index is 2.14. The molecule has 0 unspecified atom stereocenters. The highest BCUT2D eigenvalue weighted by Crippen LogP contribution is 2.35. The Morgan fingerprint density at radius 2 is 1.79 bits per heavy atom. The van der Waals surface area contributed by atoms with E-state index in [1.807, 2.05) is 30.3 Å². The fourth-order valence-electron chi connectivity index (χ4n) is 2.52. The minimum Gasteiger partial charge on any atom is -0.294 e. The molecule has 0 saturated heterocycles. The van der Waals surface area contributed by atoms with E-state index in [0.717, 1.165) is 35.1 Å². The van der Waals surface area contributed by atoms with Crippen LogP contribution in [0.3, 0.4) is 0 Å². The predicted octanol–water partition coefficient (Wildman–Crippen LogP) is 5.18. The van der Waals surface area contributed by atoms with Crippen LogP contribution in [-0.4, -0.2) is 5.78 Å². The van der Waals surface area contributed by atoms with E-state index in [1.54, 1.807) is 6.07 Å². The molecule has 2 aromatic carbocycles. The van der Waals surface area contributed by atoms with Crippen LogP contribution in [0.4, 0.5) is 0 Å². The van der Waals surface area contributed by atoms with Crippen LogP contribution in [0.25, 0.3) is 11.1 Å². The van der Waals surface area contributed by atoms with E-state index < -0.39 is 0 Å². The SMILES string of the molecule is O=C1CCCc2ccc(-c3cccc(Cl)c3Cl)cc21. The number of ketones is 1. The van der Waals surface area contributed by atoms with E-state index in [9.17, 15) is 4.79 Å². The first kappa shape index (κ1) is 12.7. The highest BCUT2D eigenvalue weighted by atomic mass is 35.5. The van der Waals surface area contributed by atoms with Gasteiger partial charge in [-0.1, -0.05) is 47.5 Å². The second kappa shape index (κ2) is 4.99. The van der Waals surface area contributed by atoms with E-state index >= 15 is 0 Å². The van der Waals surface area contributed by atoms with Crippen molar-refractivity contribution in [3.63, 3.8) is 0 Å². The number of halogens is 2. The van der Waals surface area contributed by atoms with Crippen molar-refractivity contribution in [2.75, 3.05) is 0 Å². The molecule has 0 amide bonds. The second-order valence-electron chi connectivity index (χ2n) is 4.75. The summed E-state index contributed by atoms with van der Waals surface area (Å²) in [5, 5.41) is 1.07. The van der Waals surface area contributed by atoms with Crippen molar-refractivity contribution >= 4 is 29.0 Å². The van der Waals surface area contributed by atoms with Crippen molar-refractivity contribution < 1.29 is 4.79 Å². The molecule has 0 spiro atoms. The first-order valence-corrected chi connectivity index (χ1v) is 7.03. The number of Topliss-reactive ketones (excluding diaryl/α,β-unsaturated/α-hetero) is 1. The van der Waals surface area contributed by atoms with E-state index in [0.29, 0.717) is 16.5 Å². The lowest BCUT2D eigenvalue weighted by Crippen LogP contribution is -2.10. The monoisotopic (exact) mass is 290 g/mol. The molecule has 3 heteroatoms. The Morgan fingerprint density at radius 3 is 2.63 bits per heavy atom. The van der Waals surface area contributed by atoms with Gasteiger partial charge < -0.3 is 0 Å². The Hall–Kier alpha value is -1.31. The van der Waals surface area contributed by atoms with E-state index in [4.69, 9.17) is 23.2 Å². The molecule has 2 aromatic rings. The Labute approximate surface area is 122 Å². The maximum Gasteiger partial charge on any atom is 0.163 e. The van der Waals surface area contributed by atoms with Crippen molar-refractivity contribution in [2.45, 2.75) is 19.3 Å². The zero-order valence-corrected chi connectivity index (χ0v) is 11.8. The minimum absolute atomic E-state index is 0.223. The molecule has 0 heterocycles. The van der Waals surface area contributed by atoms with Crippen LogP contribution in [0.15, 0.2) is 36.4 Å². The Morgan fingerprint density at radius 1 is 0.947 bits per heavy atom. The summed E-state index contributed by atoms with van der Waals surface area (Å²) in [7, 11) is 0.